The van der Waals surface area contributed by atoms with Crippen LogP contribution in [0.25, 0.3) is 11.1 Å². The molecule has 0 bridgehead atoms. The molecule has 0 fully saturated rings. The van der Waals surface area contributed by atoms with Gasteiger partial charge in [-0.25, -0.2) is 9.59 Å². The van der Waals surface area contributed by atoms with E-state index < -0.39 is 11.9 Å². The first kappa shape index (κ1) is 18.2. The molecule has 3 aromatic carbocycles. The van der Waals surface area contributed by atoms with Crippen molar-refractivity contribution < 1.29 is 19.1 Å². The molecule has 5 heteroatoms. The molecule has 0 saturated heterocycles. The highest BCUT2D eigenvalue weighted by molar-refractivity contribution is 6.21. The summed E-state index contributed by atoms with van der Waals surface area (Å²) in [6.07, 6.45) is 0.757. The first-order valence-electron chi connectivity index (χ1n) is 9.79. The van der Waals surface area contributed by atoms with Crippen molar-refractivity contribution in [3.05, 3.63) is 87.3 Å². The van der Waals surface area contributed by atoms with E-state index in [1.54, 1.807) is 12.1 Å². The van der Waals surface area contributed by atoms with Crippen LogP contribution in [0.2, 0.25) is 0 Å². The van der Waals surface area contributed by atoms with Crippen molar-refractivity contribution >= 4 is 28.8 Å². The van der Waals surface area contributed by atoms with Gasteiger partial charge in [0.25, 0.3) is 0 Å². The molecule has 0 aliphatic carbocycles. The SMILES string of the molecule is CCc1cc(C2=c3cc4c(cc3OC2=O)=C(c2ccccc2)C(=O)O4)cc(C)c1N. The van der Waals surface area contributed by atoms with Crippen LogP contribution in [0.1, 0.15) is 29.2 Å². The Bertz CT molecular complexity index is 1370. The maximum atomic E-state index is 12.8. The molecule has 0 spiro atoms. The summed E-state index contributed by atoms with van der Waals surface area (Å²) >= 11 is 0. The van der Waals surface area contributed by atoms with Crippen LogP contribution in [-0.2, 0) is 16.0 Å². The highest BCUT2D eigenvalue weighted by Crippen LogP contribution is 2.29. The number of esters is 2. The molecule has 2 heterocycles. The van der Waals surface area contributed by atoms with Crippen molar-refractivity contribution in [1.29, 1.82) is 0 Å². The van der Waals surface area contributed by atoms with Gasteiger partial charge >= 0.3 is 11.9 Å². The zero-order chi connectivity index (χ0) is 21.0. The number of rotatable bonds is 3. The van der Waals surface area contributed by atoms with Gasteiger partial charge in [-0.1, -0.05) is 37.3 Å². The molecule has 0 saturated carbocycles. The van der Waals surface area contributed by atoms with Crippen LogP contribution in [0.15, 0.2) is 54.6 Å². The standard InChI is InChI=1S/C25H19NO4/c1-3-14-10-16(9-13(2)23(14)26)22-18-12-19-17(11-20(18)30-25(22)28)21(24(27)29-19)15-7-5-4-6-8-15/h4-12H,3,26H2,1-2H3. The first-order chi connectivity index (χ1) is 14.5. The highest BCUT2D eigenvalue weighted by Gasteiger charge is 2.30. The smallest absolute Gasteiger partial charge is 0.344 e. The quantitative estimate of drug-likeness (QED) is 0.417. The van der Waals surface area contributed by atoms with Gasteiger partial charge in [-0.05, 0) is 59.9 Å². The molecule has 0 unspecified atom stereocenters. The Hall–Kier alpha value is -3.86. The number of nitrogen functional groups attached to an aromatic ring is 1. The lowest BCUT2D eigenvalue weighted by Crippen LogP contribution is -2.11. The number of hydrogen-bond acceptors (Lipinski definition) is 5. The molecule has 0 radical (unpaired) electrons. The van der Waals surface area contributed by atoms with Gasteiger partial charge in [0.15, 0.2) is 0 Å². The lowest BCUT2D eigenvalue weighted by molar-refractivity contribution is -0.128. The number of hydrogen-bond donors (Lipinski definition) is 1. The third-order valence-electron chi connectivity index (χ3n) is 5.64. The monoisotopic (exact) mass is 397 g/mol. The summed E-state index contributed by atoms with van der Waals surface area (Å²) in [4.78, 5) is 25.3. The molecular formula is C25H19NO4. The maximum Gasteiger partial charge on any atom is 0.344 e. The highest BCUT2D eigenvalue weighted by atomic mass is 16.5. The zero-order valence-electron chi connectivity index (χ0n) is 16.6. The van der Waals surface area contributed by atoms with Crippen molar-refractivity contribution in [1.82, 2.24) is 0 Å². The van der Waals surface area contributed by atoms with Gasteiger partial charge in [0.2, 0.25) is 0 Å². The van der Waals surface area contributed by atoms with Crippen molar-refractivity contribution in [2.24, 2.45) is 0 Å². The number of carbonyl (C=O) groups excluding carboxylic acids is 2. The van der Waals surface area contributed by atoms with Crippen LogP contribution in [0.3, 0.4) is 0 Å². The lowest BCUT2D eigenvalue weighted by atomic mass is 9.96. The summed E-state index contributed by atoms with van der Waals surface area (Å²) in [7, 11) is 0. The molecule has 0 aromatic heterocycles. The third kappa shape index (κ3) is 2.63. The molecule has 2 aliphatic heterocycles. The second-order valence-corrected chi connectivity index (χ2v) is 7.46. The number of aryl methyl sites for hydroxylation is 2. The summed E-state index contributed by atoms with van der Waals surface area (Å²) in [5.41, 5.74) is 11.2. The number of ether oxygens (including phenoxy) is 2. The van der Waals surface area contributed by atoms with E-state index in [4.69, 9.17) is 15.2 Å². The summed E-state index contributed by atoms with van der Waals surface area (Å²) in [5, 5.41) is 1.24. The summed E-state index contributed by atoms with van der Waals surface area (Å²) < 4.78 is 11.1. The first-order valence-corrected chi connectivity index (χ1v) is 9.79. The molecule has 5 nitrogen and oxygen atoms in total. The number of fused-ring (bicyclic) bond motifs is 2. The minimum absolute atomic E-state index is 0.413. The summed E-state index contributed by atoms with van der Waals surface area (Å²) in [5.74, 6) is 0.0149. The largest absolute Gasteiger partial charge is 0.422 e. The predicted octanol–water partition coefficient (Wildman–Crippen LogP) is 2.38. The number of nitrogens with two attached hydrogens (primary N) is 1. The minimum Gasteiger partial charge on any atom is -0.422 e. The van der Waals surface area contributed by atoms with Crippen LogP contribution in [0.5, 0.6) is 11.5 Å². The molecular weight excluding hydrogens is 378 g/mol. The van der Waals surface area contributed by atoms with Gasteiger partial charge in [0.05, 0.1) is 11.1 Å². The van der Waals surface area contributed by atoms with Crippen LogP contribution in [0.4, 0.5) is 5.69 Å². The van der Waals surface area contributed by atoms with Gasteiger partial charge in [0, 0.05) is 16.1 Å². The molecule has 0 amide bonds. The van der Waals surface area contributed by atoms with E-state index in [0.29, 0.717) is 33.1 Å². The fourth-order valence-corrected chi connectivity index (χ4v) is 4.10. The Kier molecular flexibility index (Phi) is 4.00. The summed E-state index contributed by atoms with van der Waals surface area (Å²) in [6, 6.07) is 16.6. The fraction of sp³-hybridized carbons (Fsp3) is 0.120. The van der Waals surface area contributed by atoms with Gasteiger partial charge in [-0.2, -0.15) is 0 Å². The van der Waals surface area contributed by atoms with Crippen molar-refractivity contribution in [2.75, 3.05) is 5.73 Å². The van der Waals surface area contributed by atoms with Crippen LogP contribution in [-0.4, -0.2) is 11.9 Å². The van der Waals surface area contributed by atoms with Gasteiger partial charge in [-0.15, -0.1) is 0 Å². The predicted molar refractivity (Wildman–Crippen MR) is 113 cm³/mol. The van der Waals surface area contributed by atoms with E-state index in [1.165, 1.54) is 0 Å². The molecule has 30 heavy (non-hydrogen) atoms. The lowest BCUT2D eigenvalue weighted by Gasteiger charge is -2.10. The Morgan fingerprint density at radius 1 is 0.800 bits per heavy atom. The van der Waals surface area contributed by atoms with E-state index in [0.717, 1.165) is 34.4 Å². The average Bonchev–Trinajstić information content (AvgIpc) is 3.22. The normalized spacial score (nSPS) is 14.5. The maximum absolute atomic E-state index is 12.8. The number of benzene rings is 3. The molecule has 0 atom stereocenters. The van der Waals surface area contributed by atoms with Crippen molar-refractivity contribution in [2.45, 2.75) is 20.3 Å². The molecule has 2 aliphatic rings. The van der Waals surface area contributed by atoms with Gasteiger partial charge in [0.1, 0.15) is 11.5 Å². The van der Waals surface area contributed by atoms with E-state index >= 15 is 0 Å². The Morgan fingerprint density at radius 3 is 1.93 bits per heavy atom. The van der Waals surface area contributed by atoms with E-state index in [1.807, 2.05) is 56.3 Å². The number of anilines is 1. The Morgan fingerprint density at radius 2 is 1.37 bits per heavy atom. The van der Waals surface area contributed by atoms with Crippen molar-refractivity contribution in [3.63, 3.8) is 0 Å². The Balaban J connectivity index is 1.78. The van der Waals surface area contributed by atoms with Gasteiger partial charge < -0.3 is 15.2 Å². The molecule has 148 valence electrons. The average molecular weight is 397 g/mol. The van der Waals surface area contributed by atoms with Crippen molar-refractivity contribution in [3.8, 4) is 11.5 Å². The molecule has 2 N–H and O–H groups in total. The van der Waals surface area contributed by atoms with E-state index in [-0.39, 0.29) is 0 Å². The minimum atomic E-state index is -0.424. The number of carbonyl (C=O) groups is 2. The van der Waals surface area contributed by atoms with Gasteiger partial charge in [-0.3, -0.25) is 0 Å². The van der Waals surface area contributed by atoms with Crippen LogP contribution < -0.4 is 25.6 Å². The van der Waals surface area contributed by atoms with Crippen LogP contribution >= 0.6 is 0 Å². The second-order valence-electron chi connectivity index (χ2n) is 7.46. The third-order valence-corrected chi connectivity index (χ3v) is 5.64. The fourth-order valence-electron chi connectivity index (χ4n) is 4.10. The van der Waals surface area contributed by atoms with Crippen LogP contribution in [0, 0.1) is 6.92 Å². The second kappa shape index (κ2) is 6.59. The topological polar surface area (TPSA) is 78.6 Å². The summed E-state index contributed by atoms with van der Waals surface area (Å²) in [6.45, 7) is 3.94. The molecule has 5 rings (SSSR count). The molecule has 3 aromatic rings. The van der Waals surface area contributed by atoms with E-state index in [2.05, 4.69) is 0 Å². The zero-order valence-corrected chi connectivity index (χ0v) is 16.6. The Labute approximate surface area is 173 Å². The van der Waals surface area contributed by atoms with E-state index in [9.17, 15) is 9.59 Å².